The fourth-order valence-corrected chi connectivity index (χ4v) is 5.24. The van der Waals surface area contributed by atoms with E-state index in [1.165, 1.54) is 27.8 Å². The van der Waals surface area contributed by atoms with Crippen LogP contribution in [0.4, 0.5) is 0 Å². The van der Waals surface area contributed by atoms with Crippen LogP contribution in [0, 0.1) is 5.92 Å². The van der Waals surface area contributed by atoms with Gasteiger partial charge in [0.1, 0.15) is 0 Å². The monoisotopic (exact) mass is 453 g/mol. The number of carbonyl (C=O) groups is 1. The van der Waals surface area contributed by atoms with Crippen molar-refractivity contribution in [2.24, 2.45) is 5.92 Å². The van der Waals surface area contributed by atoms with E-state index in [0.717, 1.165) is 58.5 Å². The summed E-state index contributed by atoms with van der Waals surface area (Å²) in [5, 5.41) is 3.18. The van der Waals surface area contributed by atoms with Gasteiger partial charge in [-0.25, -0.2) is 0 Å². The lowest BCUT2D eigenvalue weighted by Crippen LogP contribution is -2.40. The second-order valence-corrected chi connectivity index (χ2v) is 9.80. The number of rotatable bonds is 7. The average Bonchev–Trinajstić information content (AvgIpc) is 2.89. The Balaban J connectivity index is 1.05. The van der Waals surface area contributed by atoms with Gasteiger partial charge in [0.05, 0.1) is 0 Å². The predicted molar refractivity (Wildman–Crippen MR) is 137 cm³/mol. The Morgan fingerprint density at radius 2 is 1.32 bits per heavy atom. The van der Waals surface area contributed by atoms with Gasteiger partial charge in [0.2, 0.25) is 5.91 Å². The molecule has 1 N–H and O–H groups in total. The summed E-state index contributed by atoms with van der Waals surface area (Å²) in [6.45, 7) is 6.68. The predicted octanol–water partition coefficient (Wildman–Crippen LogP) is 4.77. The van der Waals surface area contributed by atoms with Crippen LogP contribution in [0.1, 0.15) is 40.7 Å². The maximum atomic E-state index is 12.7. The van der Waals surface area contributed by atoms with Gasteiger partial charge in [-0.2, -0.15) is 0 Å². The van der Waals surface area contributed by atoms with Crippen LogP contribution in [-0.4, -0.2) is 35.3 Å². The molecule has 2 aliphatic heterocycles. The molecule has 2 heterocycles. The van der Waals surface area contributed by atoms with Crippen molar-refractivity contribution in [3.8, 4) is 0 Å². The summed E-state index contributed by atoms with van der Waals surface area (Å²) in [6, 6.07) is 28.1. The second kappa shape index (κ2) is 11.0. The molecule has 4 heteroatoms. The molecule has 1 saturated heterocycles. The van der Waals surface area contributed by atoms with Crippen LogP contribution in [0.2, 0.25) is 0 Å². The van der Waals surface area contributed by atoms with E-state index in [-0.39, 0.29) is 11.8 Å². The summed E-state index contributed by atoms with van der Waals surface area (Å²) in [5.41, 5.74) is 6.80. The first-order chi connectivity index (χ1) is 16.7. The van der Waals surface area contributed by atoms with Crippen molar-refractivity contribution >= 4 is 5.91 Å². The standard InChI is InChI=1S/C30H35N3O/c34-30(28-15-17-32(18-16-28)21-25-6-2-1-3-7-25)31-20-24-10-12-26(13-11-24)22-33-19-14-27-8-4-5-9-29(27)23-33/h1-13,28H,14-23H2,(H,31,34). The third-order valence-electron chi connectivity index (χ3n) is 7.31. The number of hydrogen-bond donors (Lipinski definition) is 1. The third-order valence-corrected chi connectivity index (χ3v) is 7.31. The average molecular weight is 454 g/mol. The van der Waals surface area contributed by atoms with Crippen LogP contribution in [0.5, 0.6) is 0 Å². The smallest absolute Gasteiger partial charge is 0.223 e. The molecule has 5 rings (SSSR count). The minimum Gasteiger partial charge on any atom is -0.352 e. The van der Waals surface area contributed by atoms with Crippen molar-refractivity contribution in [1.29, 1.82) is 0 Å². The Labute approximate surface area is 203 Å². The number of benzene rings is 3. The maximum absolute atomic E-state index is 12.7. The van der Waals surface area contributed by atoms with Gasteiger partial charge in [0.25, 0.3) is 0 Å². The lowest BCUT2D eigenvalue weighted by molar-refractivity contribution is -0.126. The molecule has 0 unspecified atom stereocenters. The summed E-state index contributed by atoms with van der Waals surface area (Å²) in [4.78, 5) is 17.7. The maximum Gasteiger partial charge on any atom is 0.223 e. The quantitative estimate of drug-likeness (QED) is 0.560. The highest BCUT2D eigenvalue weighted by Gasteiger charge is 2.24. The summed E-state index contributed by atoms with van der Waals surface area (Å²) in [6.07, 6.45) is 3.01. The Hall–Kier alpha value is -2.95. The number of nitrogens with zero attached hydrogens (tertiary/aromatic N) is 2. The molecule has 0 radical (unpaired) electrons. The molecular formula is C30H35N3O. The first-order valence-electron chi connectivity index (χ1n) is 12.6. The van der Waals surface area contributed by atoms with E-state index in [0.29, 0.717) is 6.54 Å². The molecular weight excluding hydrogens is 418 g/mol. The van der Waals surface area contributed by atoms with Gasteiger partial charge in [-0.05, 0) is 60.2 Å². The summed E-state index contributed by atoms with van der Waals surface area (Å²) in [7, 11) is 0. The van der Waals surface area contributed by atoms with Crippen molar-refractivity contribution < 1.29 is 4.79 Å². The Morgan fingerprint density at radius 1 is 0.706 bits per heavy atom. The minimum absolute atomic E-state index is 0.133. The van der Waals surface area contributed by atoms with Gasteiger partial charge < -0.3 is 5.32 Å². The van der Waals surface area contributed by atoms with Gasteiger partial charge in [-0.1, -0.05) is 78.9 Å². The Morgan fingerprint density at radius 3 is 2.09 bits per heavy atom. The third kappa shape index (κ3) is 5.94. The van der Waals surface area contributed by atoms with Crippen LogP contribution in [0.25, 0.3) is 0 Å². The molecule has 1 fully saturated rings. The number of nitrogens with one attached hydrogen (secondary N) is 1. The van der Waals surface area contributed by atoms with Crippen LogP contribution in [0.15, 0.2) is 78.9 Å². The molecule has 0 saturated carbocycles. The largest absolute Gasteiger partial charge is 0.352 e. The molecule has 0 bridgehead atoms. The van der Waals surface area contributed by atoms with E-state index in [1.807, 2.05) is 0 Å². The zero-order valence-corrected chi connectivity index (χ0v) is 20.0. The minimum atomic E-state index is 0.133. The normalized spacial score (nSPS) is 17.3. The SMILES string of the molecule is O=C(NCc1ccc(CN2CCc3ccccc3C2)cc1)C1CCN(Cc2ccccc2)CC1. The van der Waals surface area contributed by atoms with Crippen LogP contribution < -0.4 is 5.32 Å². The van der Waals surface area contributed by atoms with Gasteiger partial charge >= 0.3 is 0 Å². The van der Waals surface area contributed by atoms with E-state index >= 15 is 0 Å². The first kappa shape index (κ1) is 22.8. The number of piperidine rings is 1. The summed E-state index contributed by atoms with van der Waals surface area (Å²) >= 11 is 0. The Bertz CT molecular complexity index is 1070. The lowest BCUT2D eigenvalue weighted by atomic mass is 9.95. The highest BCUT2D eigenvalue weighted by Crippen LogP contribution is 2.21. The molecule has 34 heavy (non-hydrogen) atoms. The van der Waals surface area contributed by atoms with Crippen LogP contribution in [-0.2, 0) is 37.4 Å². The van der Waals surface area contributed by atoms with Gasteiger partial charge in [0, 0.05) is 38.6 Å². The Kier molecular flexibility index (Phi) is 7.37. The fraction of sp³-hybridized carbons (Fsp3) is 0.367. The van der Waals surface area contributed by atoms with Crippen molar-refractivity contribution in [2.45, 2.75) is 45.4 Å². The molecule has 0 aliphatic carbocycles. The van der Waals surface area contributed by atoms with E-state index in [2.05, 4.69) is 94.0 Å². The van der Waals surface area contributed by atoms with E-state index in [9.17, 15) is 4.79 Å². The second-order valence-electron chi connectivity index (χ2n) is 9.80. The molecule has 3 aromatic rings. The molecule has 0 spiro atoms. The summed E-state index contributed by atoms with van der Waals surface area (Å²) in [5.74, 6) is 0.337. The zero-order chi connectivity index (χ0) is 23.2. The van der Waals surface area contributed by atoms with E-state index in [1.54, 1.807) is 0 Å². The number of likely N-dealkylation sites (tertiary alicyclic amines) is 1. The molecule has 0 atom stereocenters. The molecule has 176 valence electrons. The molecule has 4 nitrogen and oxygen atoms in total. The van der Waals surface area contributed by atoms with Crippen LogP contribution in [0.3, 0.4) is 0 Å². The van der Waals surface area contributed by atoms with Crippen molar-refractivity contribution in [3.05, 3.63) is 107 Å². The van der Waals surface area contributed by atoms with Crippen molar-refractivity contribution in [1.82, 2.24) is 15.1 Å². The molecule has 1 amide bonds. The fourth-order valence-electron chi connectivity index (χ4n) is 5.24. The number of hydrogen-bond acceptors (Lipinski definition) is 3. The lowest BCUT2D eigenvalue weighted by Gasteiger charge is -2.31. The van der Waals surface area contributed by atoms with Gasteiger partial charge in [0.15, 0.2) is 0 Å². The topological polar surface area (TPSA) is 35.6 Å². The van der Waals surface area contributed by atoms with E-state index in [4.69, 9.17) is 0 Å². The summed E-state index contributed by atoms with van der Waals surface area (Å²) < 4.78 is 0. The van der Waals surface area contributed by atoms with E-state index < -0.39 is 0 Å². The number of fused-ring (bicyclic) bond motifs is 1. The first-order valence-corrected chi connectivity index (χ1v) is 12.6. The van der Waals surface area contributed by atoms with Crippen molar-refractivity contribution in [2.75, 3.05) is 19.6 Å². The van der Waals surface area contributed by atoms with Crippen LogP contribution >= 0.6 is 0 Å². The van der Waals surface area contributed by atoms with Gasteiger partial charge in [-0.3, -0.25) is 14.6 Å². The molecule has 0 aromatic heterocycles. The number of amides is 1. The number of carbonyl (C=O) groups excluding carboxylic acids is 1. The van der Waals surface area contributed by atoms with Crippen molar-refractivity contribution in [3.63, 3.8) is 0 Å². The zero-order valence-electron chi connectivity index (χ0n) is 20.0. The molecule has 2 aliphatic rings. The highest BCUT2D eigenvalue weighted by atomic mass is 16.1. The van der Waals surface area contributed by atoms with Gasteiger partial charge in [-0.15, -0.1) is 0 Å². The molecule has 3 aromatic carbocycles. The highest BCUT2D eigenvalue weighted by molar-refractivity contribution is 5.78.